The Labute approximate surface area is 113 Å². The molecule has 1 aliphatic rings. The summed E-state index contributed by atoms with van der Waals surface area (Å²) < 4.78 is 10.6. The molecule has 100 valence electrons. The average molecular weight is 258 g/mol. The molecule has 0 saturated heterocycles. The van der Waals surface area contributed by atoms with E-state index in [2.05, 4.69) is 35.3 Å². The number of hydrogen-bond donors (Lipinski definition) is 0. The minimum absolute atomic E-state index is 0.797. The number of hydrogen-bond acceptors (Lipinski definition) is 4. The monoisotopic (exact) mass is 258 g/mol. The highest BCUT2D eigenvalue weighted by molar-refractivity contribution is 5.39. The van der Waals surface area contributed by atoms with Crippen molar-refractivity contribution < 1.29 is 9.26 Å². The molecule has 2 aromatic rings. The first-order chi connectivity index (χ1) is 9.20. The molecule has 0 unspecified atom stereocenters. The van der Waals surface area contributed by atoms with Crippen molar-refractivity contribution in [1.82, 2.24) is 10.1 Å². The molecule has 1 aromatic carbocycles. The van der Waals surface area contributed by atoms with E-state index in [1.807, 2.05) is 13.0 Å². The lowest BCUT2D eigenvalue weighted by Gasteiger charge is -2.15. The van der Waals surface area contributed by atoms with Gasteiger partial charge in [-0.25, -0.2) is 0 Å². The van der Waals surface area contributed by atoms with Crippen LogP contribution in [-0.2, 0) is 19.5 Å². The summed E-state index contributed by atoms with van der Waals surface area (Å²) in [5.74, 6) is 1.90. The van der Waals surface area contributed by atoms with Gasteiger partial charge in [-0.1, -0.05) is 17.3 Å². The third-order valence-electron chi connectivity index (χ3n) is 3.32. The third-order valence-corrected chi connectivity index (χ3v) is 3.32. The molecular weight excluding hydrogens is 240 g/mol. The van der Waals surface area contributed by atoms with E-state index in [0.29, 0.717) is 0 Å². The number of nitrogens with zero attached hydrogens (tertiary/aromatic N) is 2. The van der Waals surface area contributed by atoms with Gasteiger partial charge in [-0.2, -0.15) is 0 Å². The van der Waals surface area contributed by atoms with Crippen molar-refractivity contribution in [3.8, 4) is 5.75 Å². The van der Waals surface area contributed by atoms with Crippen LogP contribution in [-0.4, -0.2) is 23.7 Å². The summed E-state index contributed by atoms with van der Waals surface area (Å²) in [5, 5.41) is 4.02. The van der Waals surface area contributed by atoms with Crippen molar-refractivity contribution >= 4 is 0 Å². The first-order valence-electron chi connectivity index (χ1n) is 6.56. The van der Waals surface area contributed by atoms with Gasteiger partial charge in [-0.3, -0.25) is 4.90 Å². The standard InChI is InChI=1S/C15H18N2O2/c1-11-7-14(16-19-11)10-17(2)9-12-3-4-15-13(8-12)5-6-18-15/h3-4,7-8H,5-6,9-10H2,1-2H3. The van der Waals surface area contributed by atoms with Crippen LogP contribution in [0, 0.1) is 6.92 Å². The lowest BCUT2D eigenvalue weighted by Crippen LogP contribution is -2.17. The van der Waals surface area contributed by atoms with E-state index in [0.717, 1.165) is 43.3 Å². The van der Waals surface area contributed by atoms with Crippen molar-refractivity contribution in [3.05, 3.63) is 46.8 Å². The molecule has 4 nitrogen and oxygen atoms in total. The molecule has 0 saturated carbocycles. The van der Waals surface area contributed by atoms with Gasteiger partial charge in [0.25, 0.3) is 0 Å². The molecule has 0 fully saturated rings. The molecule has 0 bridgehead atoms. The Morgan fingerprint density at radius 3 is 2.95 bits per heavy atom. The lowest BCUT2D eigenvalue weighted by atomic mass is 10.1. The van der Waals surface area contributed by atoms with E-state index >= 15 is 0 Å². The predicted octanol–water partition coefficient (Wildman–Crippen LogP) is 2.55. The molecule has 4 heteroatoms. The topological polar surface area (TPSA) is 38.5 Å². The summed E-state index contributed by atoms with van der Waals surface area (Å²) in [7, 11) is 2.09. The summed E-state index contributed by atoms with van der Waals surface area (Å²) in [6, 6.07) is 8.43. The molecule has 0 aliphatic carbocycles. The minimum atomic E-state index is 0.797. The summed E-state index contributed by atoms with van der Waals surface area (Å²) in [5.41, 5.74) is 3.61. The van der Waals surface area contributed by atoms with Crippen LogP contribution in [0.3, 0.4) is 0 Å². The second kappa shape index (κ2) is 5.05. The Hall–Kier alpha value is -1.81. The molecule has 19 heavy (non-hydrogen) atoms. The smallest absolute Gasteiger partial charge is 0.133 e. The van der Waals surface area contributed by atoms with Crippen molar-refractivity contribution in [3.63, 3.8) is 0 Å². The average Bonchev–Trinajstić information content (AvgIpc) is 2.97. The van der Waals surface area contributed by atoms with Crippen LogP contribution >= 0.6 is 0 Å². The van der Waals surface area contributed by atoms with Crippen LogP contribution in [0.1, 0.15) is 22.6 Å². The molecule has 0 amide bonds. The van der Waals surface area contributed by atoms with Crippen LogP contribution < -0.4 is 4.74 Å². The van der Waals surface area contributed by atoms with Crippen LogP contribution in [0.5, 0.6) is 5.75 Å². The normalized spacial score (nSPS) is 13.6. The molecule has 0 atom stereocenters. The van der Waals surface area contributed by atoms with Crippen LogP contribution in [0.25, 0.3) is 0 Å². The van der Waals surface area contributed by atoms with Gasteiger partial charge in [-0.05, 0) is 31.2 Å². The van der Waals surface area contributed by atoms with Crippen molar-refractivity contribution in [2.75, 3.05) is 13.7 Å². The highest BCUT2D eigenvalue weighted by Crippen LogP contribution is 2.26. The minimum Gasteiger partial charge on any atom is -0.493 e. The third kappa shape index (κ3) is 2.79. The van der Waals surface area contributed by atoms with Gasteiger partial charge in [0.1, 0.15) is 11.5 Å². The number of rotatable bonds is 4. The van der Waals surface area contributed by atoms with Gasteiger partial charge >= 0.3 is 0 Å². The van der Waals surface area contributed by atoms with E-state index < -0.39 is 0 Å². The molecule has 0 spiro atoms. The number of benzene rings is 1. The van der Waals surface area contributed by atoms with E-state index in [-0.39, 0.29) is 0 Å². The zero-order valence-electron chi connectivity index (χ0n) is 11.3. The highest BCUT2D eigenvalue weighted by atomic mass is 16.5. The van der Waals surface area contributed by atoms with Gasteiger partial charge in [0.15, 0.2) is 0 Å². The Balaban J connectivity index is 1.64. The van der Waals surface area contributed by atoms with Crippen LogP contribution in [0.15, 0.2) is 28.8 Å². The maximum absolute atomic E-state index is 5.52. The molecular formula is C15H18N2O2. The first-order valence-corrected chi connectivity index (χ1v) is 6.56. The quantitative estimate of drug-likeness (QED) is 0.844. The summed E-state index contributed by atoms with van der Waals surface area (Å²) >= 11 is 0. The maximum atomic E-state index is 5.52. The van der Waals surface area contributed by atoms with Crippen molar-refractivity contribution in [1.29, 1.82) is 0 Å². The van der Waals surface area contributed by atoms with E-state index in [1.54, 1.807) is 0 Å². The number of fused-ring (bicyclic) bond motifs is 1. The van der Waals surface area contributed by atoms with Crippen molar-refractivity contribution in [2.45, 2.75) is 26.4 Å². The van der Waals surface area contributed by atoms with E-state index in [9.17, 15) is 0 Å². The lowest BCUT2D eigenvalue weighted by molar-refractivity contribution is 0.302. The highest BCUT2D eigenvalue weighted by Gasteiger charge is 2.13. The number of ether oxygens (including phenoxy) is 1. The summed E-state index contributed by atoms with van der Waals surface area (Å²) in [4.78, 5) is 2.23. The molecule has 0 N–H and O–H groups in total. The maximum Gasteiger partial charge on any atom is 0.133 e. The number of aromatic nitrogens is 1. The van der Waals surface area contributed by atoms with Gasteiger partial charge < -0.3 is 9.26 Å². The van der Waals surface area contributed by atoms with Crippen molar-refractivity contribution in [2.24, 2.45) is 0 Å². The Kier molecular flexibility index (Phi) is 3.25. The molecule has 0 radical (unpaired) electrons. The zero-order chi connectivity index (χ0) is 13.2. The van der Waals surface area contributed by atoms with Gasteiger partial charge in [0.2, 0.25) is 0 Å². The second-order valence-electron chi connectivity index (χ2n) is 5.14. The largest absolute Gasteiger partial charge is 0.493 e. The fourth-order valence-electron chi connectivity index (χ4n) is 2.47. The van der Waals surface area contributed by atoms with Crippen LogP contribution in [0.2, 0.25) is 0 Å². The predicted molar refractivity (Wildman–Crippen MR) is 72.1 cm³/mol. The fourth-order valence-corrected chi connectivity index (χ4v) is 2.47. The molecule has 2 heterocycles. The van der Waals surface area contributed by atoms with Gasteiger partial charge in [0.05, 0.1) is 12.3 Å². The Morgan fingerprint density at radius 2 is 2.16 bits per heavy atom. The summed E-state index contributed by atoms with van der Waals surface area (Å²) in [6.07, 6.45) is 1.02. The Morgan fingerprint density at radius 1 is 1.26 bits per heavy atom. The zero-order valence-corrected chi connectivity index (χ0v) is 11.3. The van der Waals surface area contributed by atoms with Gasteiger partial charge in [-0.15, -0.1) is 0 Å². The molecule has 3 rings (SSSR count). The SMILES string of the molecule is Cc1cc(CN(C)Cc2ccc3c(c2)CCO3)no1. The number of aryl methyl sites for hydroxylation is 1. The molecule has 1 aliphatic heterocycles. The van der Waals surface area contributed by atoms with E-state index in [4.69, 9.17) is 9.26 Å². The fraction of sp³-hybridized carbons (Fsp3) is 0.400. The van der Waals surface area contributed by atoms with Gasteiger partial charge in [0, 0.05) is 25.6 Å². The van der Waals surface area contributed by atoms with E-state index in [1.165, 1.54) is 11.1 Å². The first kappa shape index (κ1) is 12.2. The van der Waals surface area contributed by atoms with Crippen LogP contribution in [0.4, 0.5) is 0 Å². The molecule has 1 aromatic heterocycles. The summed E-state index contributed by atoms with van der Waals surface area (Å²) in [6.45, 7) is 4.42. The second-order valence-corrected chi connectivity index (χ2v) is 5.14. The Bertz CT molecular complexity index is 577.